The Hall–Kier alpha value is -1.92. The van der Waals surface area contributed by atoms with Crippen LogP contribution in [0.15, 0.2) is 40.2 Å². The lowest BCUT2D eigenvalue weighted by atomic mass is 10.2. The maximum Gasteiger partial charge on any atom is 0.210 e. The van der Waals surface area contributed by atoms with Gasteiger partial charge in [0, 0.05) is 28.0 Å². The predicted molar refractivity (Wildman–Crippen MR) is 105 cm³/mol. The SMILES string of the molecule is Cc1csc(/C(C#N)=C/Nc2nnc(SCc3ccc(Cl)cc3)s2)n1. The summed E-state index contributed by atoms with van der Waals surface area (Å²) in [7, 11) is 0. The topological polar surface area (TPSA) is 74.5 Å². The molecule has 2 heterocycles. The standard InChI is InChI=1S/C16H12ClN5S3/c1-10-8-23-14(20-10)12(6-18)7-19-15-21-22-16(25-15)24-9-11-2-4-13(17)5-3-11/h2-5,7-8H,9H2,1H3,(H,19,21)/b12-7+. The maximum atomic E-state index is 9.26. The Bertz CT molecular complexity index is 924. The number of halogens is 1. The van der Waals surface area contributed by atoms with Crippen molar-refractivity contribution in [2.45, 2.75) is 17.0 Å². The van der Waals surface area contributed by atoms with Crippen molar-refractivity contribution in [1.29, 1.82) is 5.26 Å². The summed E-state index contributed by atoms with van der Waals surface area (Å²) in [6.45, 7) is 1.90. The van der Waals surface area contributed by atoms with Gasteiger partial charge in [-0.3, -0.25) is 0 Å². The summed E-state index contributed by atoms with van der Waals surface area (Å²) in [5, 5.41) is 24.5. The molecule has 0 atom stereocenters. The van der Waals surface area contributed by atoms with E-state index in [1.807, 2.05) is 36.6 Å². The van der Waals surface area contributed by atoms with Crippen molar-refractivity contribution in [3.8, 4) is 6.07 Å². The van der Waals surface area contributed by atoms with Crippen LogP contribution in [0.1, 0.15) is 16.3 Å². The van der Waals surface area contributed by atoms with Gasteiger partial charge in [-0.05, 0) is 24.6 Å². The molecule has 0 spiro atoms. The van der Waals surface area contributed by atoms with E-state index in [4.69, 9.17) is 11.6 Å². The molecule has 5 nitrogen and oxygen atoms in total. The van der Waals surface area contributed by atoms with Crippen LogP contribution in [0.2, 0.25) is 5.02 Å². The number of thiazole rings is 1. The molecule has 2 aromatic heterocycles. The molecule has 1 N–H and O–H groups in total. The normalized spacial score (nSPS) is 11.3. The molecule has 126 valence electrons. The van der Waals surface area contributed by atoms with Crippen LogP contribution >= 0.6 is 46.0 Å². The molecular formula is C16H12ClN5S3. The van der Waals surface area contributed by atoms with Gasteiger partial charge in [-0.25, -0.2) is 4.98 Å². The van der Waals surface area contributed by atoms with Crippen LogP contribution in [-0.2, 0) is 5.75 Å². The lowest BCUT2D eigenvalue weighted by Gasteiger charge is -1.98. The minimum atomic E-state index is 0.476. The third-order valence-corrected chi connectivity index (χ3v) is 6.30. The van der Waals surface area contributed by atoms with Gasteiger partial charge < -0.3 is 5.32 Å². The molecule has 0 aliphatic carbocycles. The van der Waals surface area contributed by atoms with Crippen molar-refractivity contribution >= 4 is 56.7 Å². The van der Waals surface area contributed by atoms with Gasteiger partial charge in [0.1, 0.15) is 16.6 Å². The highest BCUT2D eigenvalue weighted by Gasteiger charge is 2.08. The third kappa shape index (κ3) is 5.03. The van der Waals surface area contributed by atoms with Crippen LogP contribution in [0, 0.1) is 18.3 Å². The van der Waals surface area contributed by atoms with E-state index in [2.05, 4.69) is 26.6 Å². The monoisotopic (exact) mass is 405 g/mol. The molecule has 0 aliphatic rings. The highest BCUT2D eigenvalue weighted by atomic mass is 35.5. The van der Waals surface area contributed by atoms with Crippen LogP contribution in [0.4, 0.5) is 5.13 Å². The molecule has 0 fully saturated rings. The van der Waals surface area contributed by atoms with E-state index in [0.29, 0.717) is 15.7 Å². The van der Waals surface area contributed by atoms with Crippen molar-refractivity contribution in [3.63, 3.8) is 0 Å². The Morgan fingerprint density at radius 1 is 1.36 bits per heavy atom. The third-order valence-electron chi connectivity index (χ3n) is 2.99. The number of thioether (sulfide) groups is 1. The van der Waals surface area contributed by atoms with Crippen molar-refractivity contribution < 1.29 is 0 Å². The zero-order valence-electron chi connectivity index (χ0n) is 13.1. The van der Waals surface area contributed by atoms with Crippen LogP contribution in [0.3, 0.4) is 0 Å². The van der Waals surface area contributed by atoms with Crippen molar-refractivity contribution in [2.75, 3.05) is 5.32 Å². The molecule has 25 heavy (non-hydrogen) atoms. The summed E-state index contributed by atoms with van der Waals surface area (Å²) < 4.78 is 0.856. The van der Waals surface area contributed by atoms with E-state index in [1.165, 1.54) is 28.2 Å². The maximum absolute atomic E-state index is 9.26. The number of benzene rings is 1. The number of aryl methyl sites for hydroxylation is 1. The molecule has 1 aromatic carbocycles. The van der Waals surface area contributed by atoms with Crippen molar-refractivity contribution in [2.24, 2.45) is 0 Å². The van der Waals surface area contributed by atoms with Gasteiger partial charge >= 0.3 is 0 Å². The van der Waals surface area contributed by atoms with E-state index in [1.54, 1.807) is 18.0 Å². The fraction of sp³-hybridized carbons (Fsp3) is 0.125. The average Bonchev–Trinajstić information content (AvgIpc) is 3.24. The molecule has 0 saturated carbocycles. The van der Waals surface area contributed by atoms with E-state index < -0.39 is 0 Å². The van der Waals surface area contributed by atoms with Crippen molar-refractivity contribution in [3.05, 3.63) is 57.1 Å². The summed E-state index contributed by atoms with van der Waals surface area (Å²) in [6.07, 6.45) is 1.62. The van der Waals surface area contributed by atoms with Gasteiger partial charge in [-0.2, -0.15) is 5.26 Å². The Balaban J connectivity index is 1.60. The number of nitrogens with zero attached hydrogens (tertiary/aromatic N) is 4. The summed E-state index contributed by atoms with van der Waals surface area (Å²) in [4.78, 5) is 4.31. The van der Waals surface area contributed by atoms with E-state index in [-0.39, 0.29) is 0 Å². The molecule has 3 rings (SSSR count). The summed E-state index contributed by atoms with van der Waals surface area (Å²) in [5.74, 6) is 0.795. The molecule has 9 heteroatoms. The number of hydrogen-bond donors (Lipinski definition) is 1. The average molecular weight is 406 g/mol. The van der Waals surface area contributed by atoms with Gasteiger partial charge in [-0.15, -0.1) is 21.5 Å². The predicted octanol–water partition coefficient (Wildman–Crippen LogP) is 5.23. The lowest BCUT2D eigenvalue weighted by molar-refractivity contribution is 1.01. The van der Waals surface area contributed by atoms with E-state index in [0.717, 1.165) is 20.8 Å². The Morgan fingerprint density at radius 2 is 2.16 bits per heavy atom. The highest BCUT2D eigenvalue weighted by molar-refractivity contribution is 8.00. The molecule has 0 aliphatic heterocycles. The number of rotatable bonds is 6. The van der Waals surface area contributed by atoms with Crippen molar-refractivity contribution in [1.82, 2.24) is 15.2 Å². The van der Waals surface area contributed by atoms with Crippen LogP contribution in [0.5, 0.6) is 0 Å². The number of aromatic nitrogens is 3. The van der Waals surface area contributed by atoms with Crippen LogP contribution in [-0.4, -0.2) is 15.2 Å². The number of nitriles is 1. The summed E-state index contributed by atoms with van der Waals surface area (Å²) >= 11 is 10.4. The smallest absolute Gasteiger partial charge is 0.210 e. The van der Waals surface area contributed by atoms with Gasteiger partial charge in [-0.1, -0.05) is 46.8 Å². The Morgan fingerprint density at radius 3 is 2.84 bits per heavy atom. The quantitative estimate of drug-likeness (QED) is 0.447. The molecule has 0 amide bonds. The number of allylic oxidation sites excluding steroid dienone is 1. The number of hydrogen-bond acceptors (Lipinski definition) is 8. The molecule has 0 unspecified atom stereocenters. The zero-order chi connectivity index (χ0) is 17.6. The Kier molecular flexibility index (Phi) is 6.04. The number of nitrogens with one attached hydrogen (secondary N) is 1. The fourth-order valence-corrected chi connectivity index (χ4v) is 4.37. The van der Waals surface area contributed by atoms with Crippen LogP contribution < -0.4 is 5.32 Å². The second-order valence-corrected chi connectivity index (χ2v) is 8.39. The first-order valence-corrected chi connectivity index (χ1v) is 10.2. The largest absolute Gasteiger partial charge is 0.335 e. The van der Waals surface area contributed by atoms with Gasteiger partial charge in [0.25, 0.3) is 0 Å². The fourth-order valence-electron chi connectivity index (χ4n) is 1.81. The first-order valence-electron chi connectivity index (χ1n) is 7.14. The zero-order valence-corrected chi connectivity index (χ0v) is 16.3. The van der Waals surface area contributed by atoms with Gasteiger partial charge in [0.2, 0.25) is 5.13 Å². The highest BCUT2D eigenvalue weighted by Crippen LogP contribution is 2.29. The van der Waals surface area contributed by atoms with E-state index in [9.17, 15) is 5.26 Å². The first-order chi connectivity index (χ1) is 12.1. The number of anilines is 1. The second kappa shape index (κ2) is 8.45. The molecule has 3 aromatic rings. The van der Waals surface area contributed by atoms with Gasteiger partial charge in [0.15, 0.2) is 4.34 Å². The molecular weight excluding hydrogens is 394 g/mol. The lowest BCUT2D eigenvalue weighted by Crippen LogP contribution is -1.90. The summed E-state index contributed by atoms with van der Waals surface area (Å²) in [6, 6.07) is 9.88. The molecule has 0 saturated heterocycles. The summed E-state index contributed by atoms with van der Waals surface area (Å²) in [5.41, 5.74) is 2.55. The minimum Gasteiger partial charge on any atom is -0.335 e. The molecule has 0 bridgehead atoms. The Labute approximate surface area is 162 Å². The van der Waals surface area contributed by atoms with Gasteiger partial charge in [0.05, 0.1) is 0 Å². The second-order valence-electron chi connectivity index (χ2n) is 4.90. The first kappa shape index (κ1) is 17.9. The van der Waals surface area contributed by atoms with E-state index >= 15 is 0 Å². The molecule has 0 radical (unpaired) electrons. The van der Waals surface area contributed by atoms with Crippen LogP contribution in [0.25, 0.3) is 5.57 Å². The minimum absolute atomic E-state index is 0.476.